The Labute approximate surface area is 146 Å². The van der Waals surface area contributed by atoms with E-state index in [1.165, 1.54) is 25.3 Å². The number of nitrogens with one attached hydrogen (secondary N) is 1. The molecule has 0 atom stereocenters. The van der Waals surface area contributed by atoms with E-state index in [0.717, 1.165) is 12.1 Å². The van der Waals surface area contributed by atoms with Crippen molar-refractivity contribution in [1.29, 1.82) is 0 Å². The summed E-state index contributed by atoms with van der Waals surface area (Å²) in [5.41, 5.74) is -0.251. The fourth-order valence-electron chi connectivity index (χ4n) is 2.26. The number of amides is 1. The molecule has 2 aromatic carbocycles. The topological polar surface area (TPSA) is 64.4 Å². The summed E-state index contributed by atoms with van der Waals surface area (Å²) in [6, 6.07) is 12.7. The van der Waals surface area contributed by atoms with Crippen LogP contribution in [0.5, 0.6) is 5.75 Å². The lowest BCUT2D eigenvalue weighted by Crippen LogP contribution is -2.13. The first kappa shape index (κ1) is 17.5. The summed E-state index contributed by atoms with van der Waals surface area (Å²) in [5, 5.41) is 6.04. The van der Waals surface area contributed by atoms with E-state index in [-0.39, 0.29) is 11.4 Å². The second-order valence-electron chi connectivity index (χ2n) is 5.34. The number of anilines is 1. The first-order valence-electron chi connectivity index (χ1n) is 7.46. The summed E-state index contributed by atoms with van der Waals surface area (Å²) in [6.07, 6.45) is -4.49. The number of halogens is 3. The summed E-state index contributed by atoms with van der Waals surface area (Å²) in [5.74, 6) is 0.259. The van der Waals surface area contributed by atoms with Crippen molar-refractivity contribution >= 4 is 11.6 Å². The molecule has 1 aromatic heterocycles. The molecule has 0 saturated heterocycles. The van der Waals surface area contributed by atoms with E-state index in [4.69, 9.17) is 9.26 Å². The van der Waals surface area contributed by atoms with Gasteiger partial charge in [0.25, 0.3) is 5.91 Å². The van der Waals surface area contributed by atoms with Crippen LogP contribution in [0.3, 0.4) is 0 Å². The van der Waals surface area contributed by atoms with Crippen LogP contribution in [-0.4, -0.2) is 18.2 Å². The van der Waals surface area contributed by atoms with Crippen LogP contribution in [0.2, 0.25) is 0 Å². The van der Waals surface area contributed by atoms with Crippen LogP contribution >= 0.6 is 0 Å². The molecule has 0 aliphatic heterocycles. The molecule has 8 heteroatoms. The smallest absolute Gasteiger partial charge is 0.416 e. The molecule has 1 amide bonds. The molecule has 0 saturated carbocycles. The van der Waals surface area contributed by atoms with Crippen molar-refractivity contribution in [1.82, 2.24) is 5.16 Å². The number of benzene rings is 2. The summed E-state index contributed by atoms with van der Waals surface area (Å²) in [6.45, 7) is 0. The molecule has 1 heterocycles. The fraction of sp³-hybridized carbons (Fsp3) is 0.111. The number of hydrogen-bond donors (Lipinski definition) is 1. The number of methoxy groups -OCH3 is 1. The quantitative estimate of drug-likeness (QED) is 0.735. The van der Waals surface area contributed by atoms with E-state index in [1.54, 1.807) is 24.3 Å². The van der Waals surface area contributed by atoms with Gasteiger partial charge in [0, 0.05) is 17.3 Å². The molecule has 134 valence electrons. The van der Waals surface area contributed by atoms with Gasteiger partial charge in [-0.25, -0.2) is 0 Å². The van der Waals surface area contributed by atoms with Gasteiger partial charge in [-0.2, -0.15) is 13.2 Å². The van der Waals surface area contributed by atoms with Crippen LogP contribution in [0.15, 0.2) is 59.1 Å². The number of carbonyl (C=O) groups is 1. The monoisotopic (exact) mass is 362 g/mol. The summed E-state index contributed by atoms with van der Waals surface area (Å²) >= 11 is 0. The van der Waals surface area contributed by atoms with Crippen molar-refractivity contribution in [2.75, 3.05) is 12.4 Å². The fourth-order valence-corrected chi connectivity index (χ4v) is 2.26. The van der Waals surface area contributed by atoms with Crippen LogP contribution in [-0.2, 0) is 6.18 Å². The molecule has 0 aliphatic rings. The zero-order valence-electron chi connectivity index (χ0n) is 13.5. The van der Waals surface area contributed by atoms with E-state index >= 15 is 0 Å². The third-order valence-corrected chi connectivity index (χ3v) is 3.54. The molecule has 0 unspecified atom stereocenters. The average Bonchev–Trinajstić information content (AvgIpc) is 3.11. The Hall–Kier alpha value is -3.29. The highest BCUT2D eigenvalue weighted by Gasteiger charge is 2.30. The van der Waals surface area contributed by atoms with Gasteiger partial charge in [-0.05, 0) is 30.3 Å². The lowest BCUT2D eigenvalue weighted by molar-refractivity contribution is -0.137. The van der Waals surface area contributed by atoms with E-state index in [2.05, 4.69) is 10.5 Å². The minimum absolute atomic E-state index is 0.00996. The van der Waals surface area contributed by atoms with Crippen molar-refractivity contribution in [2.45, 2.75) is 6.18 Å². The maximum absolute atomic E-state index is 12.7. The Kier molecular flexibility index (Phi) is 4.66. The molecule has 26 heavy (non-hydrogen) atoms. The van der Waals surface area contributed by atoms with Gasteiger partial charge >= 0.3 is 6.18 Å². The first-order chi connectivity index (χ1) is 12.4. The molecule has 0 fully saturated rings. The SMILES string of the molecule is COc1cccc(-c2cc(C(=O)Nc3cccc(C(F)(F)F)c3)no2)c1. The third kappa shape index (κ3) is 3.85. The lowest BCUT2D eigenvalue weighted by Gasteiger charge is -2.08. The summed E-state index contributed by atoms with van der Waals surface area (Å²) in [7, 11) is 1.52. The van der Waals surface area contributed by atoms with Gasteiger partial charge < -0.3 is 14.6 Å². The Morgan fingerprint density at radius 3 is 2.62 bits per heavy atom. The van der Waals surface area contributed by atoms with Crippen LogP contribution < -0.4 is 10.1 Å². The number of alkyl halides is 3. The van der Waals surface area contributed by atoms with E-state index < -0.39 is 17.6 Å². The molecule has 3 aromatic rings. The molecular formula is C18H13F3N2O3. The predicted octanol–water partition coefficient (Wildman–Crippen LogP) is 4.62. The second-order valence-corrected chi connectivity index (χ2v) is 5.34. The maximum Gasteiger partial charge on any atom is 0.416 e. The summed E-state index contributed by atoms with van der Waals surface area (Å²) < 4.78 is 48.4. The Balaban J connectivity index is 1.78. The normalized spacial score (nSPS) is 11.2. The first-order valence-corrected chi connectivity index (χ1v) is 7.46. The molecule has 0 spiro atoms. The Bertz CT molecular complexity index is 935. The predicted molar refractivity (Wildman–Crippen MR) is 87.9 cm³/mol. The number of ether oxygens (including phenoxy) is 1. The maximum atomic E-state index is 12.7. The lowest BCUT2D eigenvalue weighted by atomic mass is 10.1. The number of carbonyl (C=O) groups excluding carboxylic acids is 1. The number of aromatic nitrogens is 1. The zero-order valence-corrected chi connectivity index (χ0v) is 13.5. The van der Waals surface area contributed by atoms with Crippen LogP contribution in [0.25, 0.3) is 11.3 Å². The number of rotatable bonds is 4. The molecule has 1 N–H and O–H groups in total. The highest BCUT2D eigenvalue weighted by atomic mass is 19.4. The van der Waals surface area contributed by atoms with Crippen molar-refractivity contribution < 1.29 is 27.2 Å². The molecule has 0 radical (unpaired) electrons. The van der Waals surface area contributed by atoms with E-state index in [1.807, 2.05) is 0 Å². The van der Waals surface area contributed by atoms with Gasteiger partial charge in [0.1, 0.15) is 5.75 Å². The molecule has 0 bridgehead atoms. The van der Waals surface area contributed by atoms with Gasteiger partial charge in [0.15, 0.2) is 11.5 Å². The van der Waals surface area contributed by atoms with Gasteiger partial charge in [0.05, 0.1) is 12.7 Å². The second kappa shape index (κ2) is 6.91. The van der Waals surface area contributed by atoms with Gasteiger partial charge in [0.2, 0.25) is 0 Å². The molecule has 0 aliphatic carbocycles. The minimum atomic E-state index is -4.49. The number of hydrogen-bond acceptors (Lipinski definition) is 4. The molecule has 3 rings (SSSR count). The third-order valence-electron chi connectivity index (χ3n) is 3.54. The minimum Gasteiger partial charge on any atom is -0.497 e. The van der Waals surface area contributed by atoms with E-state index in [0.29, 0.717) is 17.1 Å². The van der Waals surface area contributed by atoms with Crippen molar-refractivity contribution in [3.63, 3.8) is 0 Å². The van der Waals surface area contributed by atoms with Crippen molar-refractivity contribution in [3.05, 3.63) is 65.9 Å². The largest absolute Gasteiger partial charge is 0.497 e. The summed E-state index contributed by atoms with van der Waals surface area (Å²) in [4.78, 5) is 12.2. The Morgan fingerprint density at radius 2 is 1.88 bits per heavy atom. The van der Waals surface area contributed by atoms with Crippen molar-refractivity contribution in [2.24, 2.45) is 0 Å². The zero-order chi connectivity index (χ0) is 18.7. The number of nitrogens with zero attached hydrogens (tertiary/aromatic N) is 1. The van der Waals surface area contributed by atoms with Crippen LogP contribution in [0.4, 0.5) is 18.9 Å². The standard InChI is InChI=1S/C18H13F3N2O3/c1-25-14-7-2-4-11(8-14)16-10-15(23-26-16)17(24)22-13-6-3-5-12(9-13)18(19,20)21/h2-10H,1H3,(H,22,24). The van der Waals surface area contributed by atoms with Gasteiger partial charge in [-0.3, -0.25) is 4.79 Å². The van der Waals surface area contributed by atoms with E-state index in [9.17, 15) is 18.0 Å². The molecular weight excluding hydrogens is 349 g/mol. The van der Waals surface area contributed by atoms with Gasteiger partial charge in [-0.15, -0.1) is 0 Å². The highest BCUT2D eigenvalue weighted by molar-refractivity contribution is 6.03. The highest BCUT2D eigenvalue weighted by Crippen LogP contribution is 2.31. The average molecular weight is 362 g/mol. The van der Waals surface area contributed by atoms with Crippen LogP contribution in [0.1, 0.15) is 16.1 Å². The van der Waals surface area contributed by atoms with Crippen molar-refractivity contribution in [3.8, 4) is 17.1 Å². The molecule has 5 nitrogen and oxygen atoms in total. The van der Waals surface area contributed by atoms with Gasteiger partial charge in [-0.1, -0.05) is 23.4 Å². The van der Waals surface area contributed by atoms with Crippen LogP contribution in [0, 0.1) is 0 Å². The Morgan fingerprint density at radius 1 is 1.12 bits per heavy atom.